The van der Waals surface area contributed by atoms with Crippen LogP contribution in [0.25, 0.3) is 0 Å². The van der Waals surface area contributed by atoms with Crippen molar-refractivity contribution in [1.29, 1.82) is 0 Å². The highest BCUT2D eigenvalue weighted by molar-refractivity contribution is 6.18. The van der Waals surface area contributed by atoms with E-state index in [1.165, 1.54) is 6.42 Å². The highest BCUT2D eigenvalue weighted by Crippen LogP contribution is 2.11. The van der Waals surface area contributed by atoms with Gasteiger partial charge in [-0.2, -0.15) is 5.10 Å². The van der Waals surface area contributed by atoms with Crippen molar-refractivity contribution in [2.75, 3.05) is 23.9 Å². The van der Waals surface area contributed by atoms with Crippen LogP contribution in [0.2, 0.25) is 0 Å². The topological polar surface area (TPSA) is 29.0 Å². The molecule has 0 bridgehead atoms. The number of aryl methyl sites for hydroxylation is 1. The number of nitrogens with zero attached hydrogens (tertiary/aromatic N) is 3. The highest BCUT2D eigenvalue weighted by atomic mass is 35.5. The number of halogens is 1. The van der Waals surface area contributed by atoms with E-state index in [2.05, 4.69) is 28.1 Å². The van der Waals surface area contributed by atoms with Crippen molar-refractivity contribution in [3.63, 3.8) is 0 Å². The zero-order valence-electron chi connectivity index (χ0n) is 9.41. The fraction of sp³-hybridized carbons (Fsp3) is 0.636. The monoisotopic (exact) mass is 227 g/mol. The molecule has 1 heterocycles. The van der Waals surface area contributed by atoms with E-state index in [1.54, 1.807) is 6.20 Å². The van der Waals surface area contributed by atoms with Crippen LogP contribution in [0, 0.1) is 6.92 Å². The molecule has 0 aliphatic heterocycles. The largest absolute Gasteiger partial charge is 0.354 e. The molecule has 0 atom stereocenters. The molecule has 0 amide bonds. The van der Waals surface area contributed by atoms with Crippen molar-refractivity contribution in [1.82, 2.24) is 10.2 Å². The smallest absolute Gasteiger partial charge is 0.151 e. The first-order valence-corrected chi connectivity index (χ1v) is 5.91. The molecule has 15 heavy (non-hydrogen) atoms. The quantitative estimate of drug-likeness (QED) is 0.700. The fourth-order valence-electron chi connectivity index (χ4n) is 1.40. The summed E-state index contributed by atoms with van der Waals surface area (Å²) in [6.45, 7) is 6.04. The molecule has 84 valence electrons. The Morgan fingerprint density at radius 3 is 2.80 bits per heavy atom. The third-order valence-electron chi connectivity index (χ3n) is 2.24. The van der Waals surface area contributed by atoms with Gasteiger partial charge in [0.2, 0.25) is 0 Å². The van der Waals surface area contributed by atoms with Gasteiger partial charge < -0.3 is 4.90 Å². The van der Waals surface area contributed by atoms with Crippen molar-refractivity contribution in [3.8, 4) is 0 Å². The Bertz CT molecular complexity index is 291. The van der Waals surface area contributed by atoms with Crippen LogP contribution in [0.15, 0.2) is 12.3 Å². The zero-order chi connectivity index (χ0) is 11.1. The van der Waals surface area contributed by atoms with E-state index in [0.717, 1.165) is 30.9 Å². The second kappa shape index (κ2) is 6.62. The highest BCUT2D eigenvalue weighted by Gasteiger charge is 2.06. The van der Waals surface area contributed by atoms with Crippen LogP contribution in [0.1, 0.15) is 25.3 Å². The number of rotatable bonds is 6. The van der Waals surface area contributed by atoms with E-state index in [4.69, 9.17) is 11.6 Å². The molecule has 0 radical (unpaired) electrons. The normalized spacial score (nSPS) is 10.3. The molecule has 0 aliphatic carbocycles. The van der Waals surface area contributed by atoms with E-state index in [1.807, 2.05) is 6.92 Å². The van der Waals surface area contributed by atoms with E-state index in [9.17, 15) is 0 Å². The SMILES string of the molecule is CCCCN(CCCl)c1cc(C)cnn1. The predicted octanol–water partition coefficient (Wildman–Crippen LogP) is 2.63. The lowest BCUT2D eigenvalue weighted by Gasteiger charge is -2.21. The van der Waals surface area contributed by atoms with Gasteiger partial charge in [-0.15, -0.1) is 16.7 Å². The molecule has 3 nitrogen and oxygen atoms in total. The summed E-state index contributed by atoms with van der Waals surface area (Å²) >= 11 is 5.78. The Hall–Kier alpha value is -0.830. The van der Waals surface area contributed by atoms with Crippen LogP contribution in [0.3, 0.4) is 0 Å². The number of anilines is 1. The lowest BCUT2D eigenvalue weighted by atomic mass is 10.3. The van der Waals surface area contributed by atoms with Gasteiger partial charge >= 0.3 is 0 Å². The molecule has 0 saturated heterocycles. The van der Waals surface area contributed by atoms with Gasteiger partial charge in [0, 0.05) is 19.0 Å². The minimum atomic E-state index is 0.624. The second-order valence-corrected chi connectivity index (χ2v) is 4.00. The molecular weight excluding hydrogens is 210 g/mol. The summed E-state index contributed by atoms with van der Waals surface area (Å²) in [6.07, 6.45) is 4.10. The number of alkyl halides is 1. The van der Waals surface area contributed by atoms with Gasteiger partial charge in [0.1, 0.15) is 0 Å². The Morgan fingerprint density at radius 2 is 2.20 bits per heavy atom. The van der Waals surface area contributed by atoms with Crippen LogP contribution in [0.4, 0.5) is 5.82 Å². The Kier molecular flexibility index (Phi) is 5.40. The summed E-state index contributed by atoms with van der Waals surface area (Å²) in [6, 6.07) is 2.05. The summed E-state index contributed by atoms with van der Waals surface area (Å²) in [5, 5.41) is 8.09. The molecule has 0 aromatic carbocycles. The van der Waals surface area contributed by atoms with Crippen molar-refractivity contribution >= 4 is 17.4 Å². The van der Waals surface area contributed by atoms with Gasteiger partial charge in [-0.1, -0.05) is 13.3 Å². The van der Waals surface area contributed by atoms with Crippen LogP contribution in [0.5, 0.6) is 0 Å². The summed E-state index contributed by atoms with van der Waals surface area (Å²) in [5.41, 5.74) is 1.14. The molecule has 1 rings (SSSR count). The second-order valence-electron chi connectivity index (χ2n) is 3.62. The van der Waals surface area contributed by atoms with Crippen LogP contribution >= 0.6 is 11.6 Å². The average molecular weight is 228 g/mol. The van der Waals surface area contributed by atoms with Gasteiger partial charge in [-0.05, 0) is 25.0 Å². The molecule has 1 aromatic heterocycles. The first kappa shape index (κ1) is 12.2. The van der Waals surface area contributed by atoms with Gasteiger partial charge in [-0.3, -0.25) is 0 Å². The summed E-state index contributed by atoms with van der Waals surface area (Å²) in [5.74, 6) is 1.56. The third kappa shape index (κ3) is 4.04. The van der Waals surface area contributed by atoms with Crippen molar-refractivity contribution in [3.05, 3.63) is 17.8 Å². The van der Waals surface area contributed by atoms with Crippen molar-refractivity contribution in [2.45, 2.75) is 26.7 Å². The van der Waals surface area contributed by atoms with Crippen molar-refractivity contribution in [2.24, 2.45) is 0 Å². The van der Waals surface area contributed by atoms with Gasteiger partial charge in [0.15, 0.2) is 5.82 Å². The molecular formula is C11H18ClN3. The van der Waals surface area contributed by atoms with Crippen molar-refractivity contribution < 1.29 is 0 Å². The lowest BCUT2D eigenvalue weighted by molar-refractivity contribution is 0.718. The van der Waals surface area contributed by atoms with Gasteiger partial charge in [0.05, 0.1) is 6.20 Å². The Morgan fingerprint density at radius 1 is 1.40 bits per heavy atom. The molecule has 0 fully saturated rings. The summed E-state index contributed by atoms with van der Waals surface area (Å²) in [7, 11) is 0. The zero-order valence-corrected chi connectivity index (χ0v) is 10.2. The first-order valence-electron chi connectivity index (χ1n) is 5.38. The van der Waals surface area contributed by atoms with Crippen LogP contribution in [-0.4, -0.2) is 29.2 Å². The van der Waals surface area contributed by atoms with E-state index in [0.29, 0.717) is 5.88 Å². The summed E-state index contributed by atoms with van der Waals surface area (Å²) in [4.78, 5) is 2.19. The molecule has 0 N–H and O–H groups in total. The maximum Gasteiger partial charge on any atom is 0.151 e. The minimum absolute atomic E-state index is 0.624. The third-order valence-corrected chi connectivity index (χ3v) is 2.41. The van der Waals surface area contributed by atoms with E-state index in [-0.39, 0.29) is 0 Å². The molecule has 0 unspecified atom stereocenters. The standard InChI is InChI=1S/C11H18ClN3/c1-3-4-6-15(7-5-12)11-8-10(2)9-13-14-11/h8-9H,3-7H2,1-2H3. The maximum atomic E-state index is 5.78. The molecule has 1 aromatic rings. The fourth-order valence-corrected chi connectivity index (χ4v) is 1.60. The first-order chi connectivity index (χ1) is 7.27. The van der Waals surface area contributed by atoms with Gasteiger partial charge in [0.25, 0.3) is 0 Å². The number of unbranched alkanes of at least 4 members (excludes halogenated alkanes) is 1. The summed E-state index contributed by atoms with van der Waals surface area (Å²) < 4.78 is 0. The lowest BCUT2D eigenvalue weighted by Crippen LogP contribution is -2.27. The molecule has 0 aliphatic rings. The maximum absolute atomic E-state index is 5.78. The predicted molar refractivity (Wildman–Crippen MR) is 64.6 cm³/mol. The van der Waals surface area contributed by atoms with E-state index >= 15 is 0 Å². The Labute approximate surface area is 96.5 Å². The van der Waals surface area contributed by atoms with E-state index < -0.39 is 0 Å². The molecule has 0 spiro atoms. The number of hydrogen-bond acceptors (Lipinski definition) is 3. The average Bonchev–Trinajstić information content (AvgIpc) is 2.24. The number of hydrogen-bond donors (Lipinski definition) is 0. The number of aromatic nitrogens is 2. The van der Waals surface area contributed by atoms with Gasteiger partial charge in [-0.25, -0.2) is 0 Å². The van der Waals surface area contributed by atoms with Crippen LogP contribution in [-0.2, 0) is 0 Å². The minimum Gasteiger partial charge on any atom is -0.354 e. The van der Waals surface area contributed by atoms with Crippen LogP contribution < -0.4 is 4.90 Å². The Balaban J connectivity index is 2.69. The molecule has 4 heteroatoms. The molecule has 0 saturated carbocycles.